The molecule has 0 aliphatic heterocycles. The first-order chi connectivity index (χ1) is 14.7. The molecule has 0 unspecified atom stereocenters. The van der Waals surface area contributed by atoms with Gasteiger partial charge < -0.3 is 9.57 Å². The van der Waals surface area contributed by atoms with Gasteiger partial charge in [-0.25, -0.2) is 4.98 Å². The first kappa shape index (κ1) is 18.0. The van der Waals surface area contributed by atoms with Crippen LogP contribution in [0.15, 0.2) is 42.5 Å². The van der Waals surface area contributed by atoms with Crippen molar-refractivity contribution in [3.63, 3.8) is 0 Å². The minimum absolute atomic E-state index is 0.207. The molecule has 154 valence electrons. The maximum absolute atomic E-state index is 11.2. The predicted molar refractivity (Wildman–Crippen MR) is 114 cm³/mol. The summed E-state index contributed by atoms with van der Waals surface area (Å²) in [5.41, 5.74) is 4.07. The fraction of sp³-hybridized carbons (Fsp3) is 0.440. The molecule has 4 aliphatic carbocycles. The molecule has 7 rings (SSSR count). The third kappa shape index (κ3) is 2.60. The van der Waals surface area contributed by atoms with Gasteiger partial charge in [-0.1, -0.05) is 12.1 Å². The Kier molecular flexibility index (Phi) is 3.95. The summed E-state index contributed by atoms with van der Waals surface area (Å²) in [6.45, 7) is 0.459. The van der Waals surface area contributed by atoms with E-state index in [0.29, 0.717) is 12.3 Å². The van der Waals surface area contributed by atoms with Crippen LogP contribution in [0.3, 0.4) is 0 Å². The molecule has 5 nitrogen and oxygen atoms in total. The smallest absolute Gasteiger partial charge is 0.321 e. The number of hydrogen-bond donors (Lipinski definition) is 0. The van der Waals surface area contributed by atoms with Gasteiger partial charge in [0.2, 0.25) is 0 Å². The van der Waals surface area contributed by atoms with E-state index in [1.807, 2.05) is 30.3 Å². The molecule has 30 heavy (non-hydrogen) atoms. The number of aromatic nitrogens is 2. The Bertz CT molecular complexity index is 1100. The largest absolute Gasteiger partial charge is 0.496 e. The van der Waals surface area contributed by atoms with Crippen molar-refractivity contribution >= 4 is 17.5 Å². The fourth-order valence-electron chi connectivity index (χ4n) is 7.04. The van der Waals surface area contributed by atoms with Crippen LogP contribution >= 0.6 is 0 Å². The predicted octanol–water partition coefficient (Wildman–Crippen LogP) is 4.76. The molecule has 0 saturated heterocycles. The lowest BCUT2D eigenvalue weighted by atomic mass is 9.48. The van der Waals surface area contributed by atoms with Crippen molar-refractivity contribution in [1.82, 2.24) is 9.71 Å². The Balaban J connectivity index is 1.51. The zero-order valence-electron chi connectivity index (χ0n) is 17.2. The number of methoxy groups -OCH3 is 1. The highest BCUT2D eigenvalue weighted by molar-refractivity contribution is 5.81. The molecule has 4 saturated carbocycles. The second-order valence-corrected chi connectivity index (χ2v) is 9.53. The number of ether oxygens (including phenoxy) is 1. The molecule has 4 fully saturated rings. The van der Waals surface area contributed by atoms with Crippen LogP contribution in [0.1, 0.15) is 44.1 Å². The van der Waals surface area contributed by atoms with Crippen LogP contribution in [0.4, 0.5) is 0 Å². The Hall–Kier alpha value is -2.82. The lowest BCUT2D eigenvalue weighted by Crippen LogP contribution is -2.48. The molecule has 0 amide bonds. The van der Waals surface area contributed by atoms with Crippen molar-refractivity contribution in [2.75, 3.05) is 7.11 Å². The van der Waals surface area contributed by atoms with Crippen LogP contribution < -0.4 is 9.57 Å². The highest BCUT2D eigenvalue weighted by Crippen LogP contribution is 2.62. The Morgan fingerprint density at radius 1 is 1.03 bits per heavy atom. The maximum Gasteiger partial charge on any atom is 0.321 e. The van der Waals surface area contributed by atoms with Crippen molar-refractivity contribution in [2.45, 2.75) is 43.9 Å². The SMILES string of the molecule is COc1ccc(-c2nc3ccccc3n2OC=O)cc1C12CC3CC(CC(C3)C1)C2. The molecular weight excluding hydrogens is 376 g/mol. The molecule has 0 spiro atoms. The van der Waals surface area contributed by atoms with Crippen molar-refractivity contribution in [2.24, 2.45) is 17.8 Å². The number of rotatable bonds is 5. The second-order valence-electron chi connectivity index (χ2n) is 9.53. The highest BCUT2D eigenvalue weighted by atomic mass is 16.7. The van der Waals surface area contributed by atoms with Gasteiger partial charge in [0.15, 0.2) is 5.82 Å². The molecule has 1 aromatic heterocycles. The summed E-state index contributed by atoms with van der Waals surface area (Å²) in [6, 6.07) is 14.1. The summed E-state index contributed by atoms with van der Waals surface area (Å²) >= 11 is 0. The lowest BCUT2D eigenvalue weighted by Gasteiger charge is -2.57. The van der Waals surface area contributed by atoms with Crippen LogP contribution in [0, 0.1) is 17.8 Å². The normalized spacial score (nSPS) is 29.3. The molecule has 0 N–H and O–H groups in total. The number of carbonyl (C=O) groups excluding carboxylic acids is 1. The van der Waals surface area contributed by atoms with Crippen molar-refractivity contribution < 1.29 is 14.4 Å². The monoisotopic (exact) mass is 402 g/mol. The topological polar surface area (TPSA) is 53.4 Å². The van der Waals surface area contributed by atoms with E-state index < -0.39 is 0 Å². The van der Waals surface area contributed by atoms with E-state index >= 15 is 0 Å². The van der Waals surface area contributed by atoms with E-state index in [-0.39, 0.29) is 5.41 Å². The van der Waals surface area contributed by atoms with E-state index in [0.717, 1.165) is 40.1 Å². The summed E-state index contributed by atoms with van der Waals surface area (Å²) in [7, 11) is 1.77. The van der Waals surface area contributed by atoms with Gasteiger partial charge in [-0.15, -0.1) is 0 Å². The van der Waals surface area contributed by atoms with Gasteiger partial charge in [-0.3, -0.25) is 4.79 Å². The third-order valence-corrected chi connectivity index (χ3v) is 7.73. The molecule has 1 heterocycles. The maximum atomic E-state index is 11.2. The molecular formula is C25H26N2O3. The fourth-order valence-corrected chi connectivity index (χ4v) is 7.04. The molecule has 4 aliphatic rings. The summed E-state index contributed by atoms with van der Waals surface area (Å²) < 4.78 is 7.38. The van der Waals surface area contributed by atoms with Gasteiger partial charge in [-0.05, 0) is 92.0 Å². The van der Waals surface area contributed by atoms with Crippen LogP contribution in [0.5, 0.6) is 5.75 Å². The van der Waals surface area contributed by atoms with E-state index in [1.54, 1.807) is 7.11 Å². The van der Waals surface area contributed by atoms with E-state index in [9.17, 15) is 4.79 Å². The van der Waals surface area contributed by atoms with Gasteiger partial charge >= 0.3 is 6.47 Å². The van der Waals surface area contributed by atoms with E-state index in [1.165, 1.54) is 48.8 Å². The Labute approximate surface area is 176 Å². The second kappa shape index (κ2) is 6.59. The van der Waals surface area contributed by atoms with E-state index in [2.05, 4.69) is 12.1 Å². The van der Waals surface area contributed by atoms with Crippen LogP contribution in [0.2, 0.25) is 0 Å². The minimum Gasteiger partial charge on any atom is -0.496 e. The highest BCUT2D eigenvalue weighted by Gasteiger charge is 2.52. The summed E-state index contributed by atoms with van der Waals surface area (Å²) in [4.78, 5) is 21.3. The van der Waals surface area contributed by atoms with Gasteiger partial charge in [0.25, 0.3) is 0 Å². The van der Waals surface area contributed by atoms with Gasteiger partial charge in [0, 0.05) is 11.1 Å². The number of imidazole rings is 1. The minimum atomic E-state index is 0.207. The number of fused-ring (bicyclic) bond motifs is 1. The van der Waals surface area contributed by atoms with Gasteiger partial charge in [0.1, 0.15) is 11.3 Å². The quantitative estimate of drug-likeness (QED) is 0.577. The Morgan fingerprint density at radius 2 is 1.73 bits per heavy atom. The molecule has 0 atom stereocenters. The molecule has 5 heteroatoms. The third-order valence-electron chi connectivity index (χ3n) is 7.73. The first-order valence-corrected chi connectivity index (χ1v) is 11.0. The molecule has 0 radical (unpaired) electrons. The Morgan fingerprint density at radius 3 is 2.40 bits per heavy atom. The average Bonchev–Trinajstić information content (AvgIpc) is 3.11. The molecule has 2 aromatic carbocycles. The van der Waals surface area contributed by atoms with Crippen LogP contribution in [0.25, 0.3) is 22.4 Å². The first-order valence-electron chi connectivity index (χ1n) is 11.0. The van der Waals surface area contributed by atoms with Crippen molar-refractivity contribution in [3.8, 4) is 17.1 Å². The van der Waals surface area contributed by atoms with Crippen molar-refractivity contribution in [3.05, 3.63) is 48.0 Å². The summed E-state index contributed by atoms with van der Waals surface area (Å²) in [5, 5.41) is 0. The van der Waals surface area contributed by atoms with Crippen LogP contribution in [-0.4, -0.2) is 23.3 Å². The summed E-state index contributed by atoms with van der Waals surface area (Å²) in [6.07, 6.45) is 8.01. The van der Waals surface area contributed by atoms with Crippen molar-refractivity contribution in [1.29, 1.82) is 0 Å². The number of para-hydroxylation sites is 2. The van der Waals surface area contributed by atoms with Gasteiger partial charge in [-0.2, -0.15) is 4.73 Å². The number of carbonyl (C=O) groups is 1. The zero-order valence-corrected chi connectivity index (χ0v) is 17.2. The zero-order chi connectivity index (χ0) is 20.3. The van der Waals surface area contributed by atoms with Gasteiger partial charge in [0.05, 0.1) is 12.6 Å². The number of benzene rings is 2. The molecule has 3 aromatic rings. The van der Waals surface area contributed by atoms with E-state index in [4.69, 9.17) is 14.6 Å². The molecule has 4 bridgehead atoms. The van der Waals surface area contributed by atoms with Crippen LogP contribution in [-0.2, 0) is 10.2 Å². The lowest BCUT2D eigenvalue weighted by molar-refractivity contribution is -0.128. The summed E-state index contributed by atoms with van der Waals surface area (Å²) in [5.74, 6) is 4.18. The number of nitrogens with zero attached hydrogens (tertiary/aromatic N) is 2. The average molecular weight is 402 g/mol. The number of hydrogen-bond acceptors (Lipinski definition) is 4. The standard InChI is InChI=1S/C25H26N2O3/c1-29-23-7-6-19(24-26-21-4-2-3-5-22(21)27(24)30-15-28)11-20(23)25-12-16-8-17(13-25)10-18(9-16)14-25/h2-7,11,15-18H,8-10,12-14H2,1H3.